The Morgan fingerprint density at radius 3 is 2.54 bits per heavy atom. The summed E-state index contributed by atoms with van der Waals surface area (Å²) in [5.41, 5.74) is 1.45. The van der Waals surface area contributed by atoms with Crippen molar-refractivity contribution in [1.29, 1.82) is 0 Å². The van der Waals surface area contributed by atoms with Gasteiger partial charge in [0.05, 0.1) is 0 Å². The summed E-state index contributed by atoms with van der Waals surface area (Å²) in [5, 5.41) is 11.3. The second-order valence-corrected chi connectivity index (χ2v) is 5.61. The Balaban J connectivity index is 1.67. The molecule has 3 rings (SSSR count). The number of hydrogen-bond acceptors (Lipinski definition) is 4. The van der Waals surface area contributed by atoms with Crippen molar-refractivity contribution in [3.05, 3.63) is 70.2 Å². The fraction of sp³-hybridized carbons (Fsp3) is 0. The molecular weight excluding hydrogens is 349 g/mol. The quantitative estimate of drug-likeness (QED) is 0.685. The Bertz CT molecular complexity index is 889. The molecule has 0 spiro atoms. The maximum absolute atomic E-state index is 11.9. The maximum atomic E-state index is 11.9. The Morgan fingerprint density at radius 2 is 1.79 bits per heavy atom. The highest BCUT2D eigenvalue weighted by atomic mass is 35.5. The molecule has 120 valence electrons. The van der Waals surface area contributed by atoms with Gasteiger partial charge in [0.2, 0.25) is 5.89 Å². The van der Waals surface area contributed by atoms with Gasteiger partial charge >= 0.3 is 6.01 Å². The summed E-state index contributed by atoms with van der Waals surface area (Å²) in [4.78, 5) is 11.9. The van der Waals surface area contributed by atoms with Crippen molar-refractivity contribution in [2.45, 2.75) is 0 Å². The number of amides is 1. The predicted molar refractivity (Wildman–Crippen MR) is 93.9 cm³/mol. The van der Waals surface area contributed by atoms with Crippen molar-refractivity contribution in [3.63, 3.8) is 0 Å². The second kappa shape index (κ2) is 7.29. The maximum Gasteiger partial charge on any atom is 0.322 e. The number of benzene rings is 2. The number of carbonyl (C=O) groups is 1. The average molecular weight is 360 g/mol. The Labute approximate surface area is 147 Å². The molecule has 24 heavy (non-hydrogen) atoms. The van der Waals surface area contributed by atoms with Crippen molar-refractivity contribution in [1.82, 2.24) is 10.2 Å². The molecular formula is C17H11Cl2N3O2. The van der Waals surface area contributed by atoms with Crippen LogP contribution in [0.1, 0.15) is 5.56 Å². The molecule has 0 fully saturated rings. The van der Waals surface area contributed by atoms with E-state index in [1.54, 1.807) is 42.5 Å². The van der Waals surface area contributed by atoms with Gasteiger partial charge in [-0.05, 0) is 42.0 Å². The highest BCUT2D eigenvalue weighted by Gasteiger charge is 2.10. The zero-order chi connectivity index (χ0) is 16.9. The lowest BCUT2D eigenvalue weighted by atomic mass is 10.2. The Kier molecular flexibility index (Phi) is 4.93. The number of rotatable bonds is 4. The third-order valence-corrected chi connectivity index (χ3v) is 3.66. The van der Waals surface area contributed by atoms with E-state index in [0.717, 1.165) is 5.56 Å². The monoisotopic (exact) mass is 359 g/mol. The van der Waals surface area contributed by atoms with Gasteiger partial charge in [0.15, 0.2) is 0 Å². The summed E-state index contributed by atoms with van der Waals surface area (Å²) in [6.07, 6.45) is 2.95. The van der Waals surface area contributed by atoms with Crippen LogP contribution in [0.5, 0.6) is 0 Å². The summed E-state index contributed by atoms with van der Waals surface area (Å²) in [5.74, 6) is -0.113. The van der Waals surface area contributed by atoms with Gasteiger partial charge in [-0.3, -0.25) is 10.1 Å². The van der Waals surface area contributed by atoms with Gasteiger partial charge in [0.1, 0.15) is 0 Å². The van der Waals surface area contributed by atoms with Crippen LogP contribution in [0, 0.1) is 0 Å². The molecule has 0 aliphatic carbocycles. The van der Waals surface area contributed by atoms with Crippen molar-refractivity contribution < 1.29 is 9.21 Å². The van der Waals surface area contributed by atoms with E-state index in [2.05, 4.69) is 15.5 Å². The highest BCUT2D eigenvalue weighted by Crippen LogP contribution is 2.22. The van der Waals surface area contributed by atoms with E-state index in [-0.39, 0.29) is 11.9 Å². The molecule has 0 aliphatic rings. The highest BCUT2D eigenvalue weighted by molar-refractivity contribution is 6.32. The summed E-state index contributed by atoms with van der Waals surface area (Å²) in [7, 11) is 0. The predicted octanol–water partition coefficient (Wildman–Crippen LogP) is 4.70. The normalized spacial score (nSPS) is 10.9. The lowest BCUT2D eigenvalue weighted by Gasteiger charge is -1.97. The third-order valence-electron chi connectivity index (χ3n) is 3.07. The van der Waals surface area contributed by atoms with Gasteiger partial charge in [-0.25, -0.2) is 0 Å². The minimum atomic E-state index is -0.402. The van der Waals surface area contributed by atoms with Gasteiger partial charge in [-0.1, -0.05) is 46.5 Å². The first kappa shape index (κ1) is 16.2. The Morgan fingerprint density at radius 1 is 1.04 bits per heavy atom. The molecule has 0 radical (unpaired) electrons. The van der Waals surface area contributed by atoms with Crippen molar-refractivity contribution in [3.8, 4) is 11.5 Å². The first-order valence-electron chi connectivity index (χ1n) is 6.95. The Hall–Kier alpha value is -2.63. The van der Waals surface area contributed by atoms with Crippen molar-refractivity contribution in [2.75, 3.05) is 5.32 Å². The molecule has 1 amide bonds. The molecule has 0 bridgehead atoms. The van der Waals surface area contributed by atoms with Crippen LogP contribution in [0.2, 0.25) is 10.0 Å². The van der Waals surface area contributed by atoms with E-state index >= 15 is 0 Å². The second-order valence-electron chi connectivity index (χ2n) is 4.76. The van der Waals surface area contributed by atoms with Gasteiger partial charge < -0.3 is 4.42 Å². The van der Waals surface area contributed by atoms with Crippen LogP contribution in [-0.4, -0.2) is 16.1 Å². The molecule has 7 heteroatoms. The summed E-state index contributed by atoms with van der Waals surface area (Å²) >= 11 is 11.8. The molecule has 0 saturated heterocycles. The lowest BCUT2D eigenvalue weighted by molar-refractivity contribution is -0.112. The SMILES string of the molecule is O=C(C=Cc1ccccc1Cl)Nc1nnc(-c2ccc(Cl)cc2)o1. The van der Waals surface area contributed by atoms with Crippen LogP contribution < -0.4 is 5.32 Å². The standard InChI is InChI=1S/C17H11Cl2N3O2/c18-13-8-5-12(6-9-13)16-21-22-17(24-16)20-15(23)10-7-11-3-1-2-4-14(11)19/h1-10H,(H,20,22,23). The lowest BCUT2D eigenvalue weighted by Crippen LogP contribution is -2.07. The molecule has 1 heterocycles. The molecule has 0 unspecified atom stereocenters. The third kappa shape index (κ3) is 4.01. The summed E-state index contributed by atoms with van der Waals surface area (Å²) in [6, 6.07) is 14.1. The van der Waals surface area contributed by atoms with Crippen molar-refractivity contribution in [2.24, 2.45) is 0 Å². The molecule has 2 aromatic carbocycles. The average Bonchev–Trinajstić information content (AvgIpc) is 3.03. The molecule has 0 aliphatic heterocycles. The van der Waals surface area contributed by atoms with E-state index < -0.39 is 5.91 Å². The first-order valence-corrected chi connectivity index (χ1v) is 7.70. The number of halogens is 2. The van der Waals surface area contributed by atoms with E-state index in [9.17, 15) is 4.79 Å². The van der Waals surface area contributed by atoms with E-state index in [4.69, 9.17) is 27.6 Å². The van der Waals surface area contributed by atoms with Crippen LogP contribution >= 0.6 is 23.2 Å². The fourth-order valence-electron chi connectivity index (χ4n) is 1.91. The minimum Gasteiger partial charge on any atom is -0.403 e. The summed E-state index contributed by atoms with van der Waals surface area (Å²) < 4.78 is 5.40. The molecule has 0 saturated carbocycles. The topological polar surface area (TPSA) is 68.0 Å². The molecule has 1 aromatic heterocycles. The molecule has 0 atom stereocenters. The molecule has 3 aromatic rings. The van der Waals surface area contributed by atoms with E-state index in [0.29, 0.717) is 15.6 Å². The number of nitrogens with one attached hydrogen (secondary N) is 1. The summed E-state index contributed by atoms with van der Waals surface area (Å²) in [6.45, 7) is 0. The van der Waals surface area contributed by atoms with Gasteiger partial charge in [0, 0.05) is 21.7 Å². The largest absolute Gasteiger partial charge is 0.403 e. The van der Waals surface area contributed by atoms with Crippen LogP contribution in [-0.2, 0) is 4.79 Å². The van der Waals surface area contributed by atoms with Crippen molar-refractivity contribution >= 4 is 41.2 Å². The molecule has 5 nitrogen and oxygen atoms in total. The number of anilines is 1. The number of aromatic nitrogens is 2. The number of hydrogen-bond donors (Lipinski definition) is 1. The van der Waals surface area contributed by atoms with Gasteiger partial charge in [-0.2, -0.15) is 0 Å². The number of carbonyl (C=O) groups excluding carboxylic acids is 1. The van der Waals surface area contributed by atoms with Crippen LogP contribution in [0.4, 0.5) is 6.01 Å². The zero-order valence-corrected chi connectivity index (χ0v) is 13.8. The van der Waals surface area contributed by atoms with Gasteiger partial charge in [-0.15, -0.1) is 5.10 Å². The number of nitrogens with zero attached hydrogens (tertiary/aromatic N) is 2. The minimum absolute atomic E-state index is 0.00811. The van der Waals surface area contributed by atoms with Gasteiger partial charge in [0.25, 0.3) is 5.91 Å². The fourth-order valence-corrected chi connectivity index (χ4v) is 2.23. The van der Waals surface area contributed by atoms with E-state index in [1.807, 2.05) is 12.1 Å². The van der Waals surface area contributed by atoms with E-state index in [1.165, 1.54) is 6.08 Å². The van der Waals surface area contributed by atoms with Crippen LogP contribution in [0.25, 0.3) is 17.5 Å². The first-order chi connectivity index (χ1) is 11.6. The van der Waals surface area contributed by atoms with Crippen LogP contribution in [0.15, 0.2) is 59.0 Å². The molecule has 1 N–H and O–H groups in total. The zero-order valence-electron chi connectivity index (χ0n) is 12.2. The smallest absolute Gasteiger partial charge is 0.322 e. The van der Waals surface area contributed by atoms with Crippen LogP contribution in [0.3, 0.4) is 0 Å².